The lowest BCUT2D eigenvalue weighted by Crippen LogP contribution is -2.42. The highest BCUT2D eigenvalue weighted by molar-refractivity contribution is 6.31. The molecule has 1 aliphatic heterocycles. The highest BCUT2D eigenvalue weighted by Crippen LogP contribution is 2.26. The van der Waals surface area contributed by atoms with E-state index >= 15 is 0 Å². The third-order valence-corrected chi connectivity index (χ3v) is 2.78. The predicted octanol–water partition coefficient (Wildman–Crippen LogP) is 1.85. The monoisotopic (exact) mass is 232 g/mol. The molecular weight excluding hydrogens is 222 g/mol. The largest absolute Gasteiger partial charge is 0.314 e. The van der Waals surface area contributed by atoms with Crippen LogP contribution in [0.5, 0.6) is 0 Å². The number of piperazine rings is 1. The molecule has 1 aliphatic rings. The summed E-state index contributed by atoms with van der Waals surface area (Å²) in [5, 5.41) is 6.60. The first-order valence-electron chi connectivity index (χ1n) is 4.77. The minimum absolute atomic E-state index is 0.0543. The third kappa shape index (κ3) is 2.27. The summed E-state index contributed by atoms with van der Waals surface area (Å²) in [7, 11) is 0. The van der Waals surface area contributed by atoms with Gasteiger partial charge in [-0.25, -0.2) is 8.78 Å². The van der Waals surface area contributed by atoms with Crippen LogP contribution in [0.15, 0.2) is 12.1 Å². The summed E-state index contributed by atoms with van der Waals surface area (Å²) >= 11 is 5.86. The van der Waals surface area contributed by atoms with Crippen molar-refractivity contribution in [3.63, 3.8) is 0 Å². The predicted molar refractivity (Wildman–Crippen MR) is 55.0 cm³/mol. The van der Waals surface area contributed by atoms with Crippen LogP contribution in [0.1, 0.15) is 11.6 Å². The number of rotatable bonds is 1. The number of nitrogens with one attached hydrogen (secondary N) is 2. The molecular formula is C10H11ClF2N2. The Labute approximate surface area is 91.6 Å². The Morgan fingerprint density at radius 2 is 1.93 bits per heavy atom. The van der Waals surface area contributed by atoms with Gasteiger partial charge in [0.2, 0.25) is 0 Å². The summed E-state index contributed by atoms with van der Waals surface area (Å²) in [5.41, 5.74) is 0.600. The maximum absolute atomic E-state index is 13.0. The Kier molecular flexibility index (Phi) is 3.19. The van der Waals surface area contributed by atoms with Gasteiger partial charge in [-0.3, -0.25) is 0 Å². The van der Waals surface area contributed by atoms with Gasteiger partial charge in [-0.1, -0.05) is 11.6 Å². The standard InChI is InChI=1S/C10H11ClF2N2/c11-7-4-9(13)8(12)3-6(7)10-5-14-1-2-15-10/h3-4,10,14-15H,1-2,5H2. The Morgan fingerprint density at radius 1 is 1.20 bits per heavy atom. The molecule has 1 heterocycles. The second kappa shape index (κ2) is 4.43. The van der Waals surface area contributed by atoms with E-state index in [0.29, 0.717) is 12.1 Å². The third-order valence-electron chi connectivity index (χ3n) is 2.46. The van der Waals surface area contributed by atoms with Crippen molar-refractivity contribution in [3.05, 3.63) is 34.4 Å². The molecule has 0 aliphatic carbocycles. The van der Waals surface area contributed by atoms with Crippen molar-refractivity contribution in [3.8, 4) is 0 Å². The molecule has 15 heavy (non-hydrogen) atoms. The first-order chi connectivity index (χ1) is 7.18. The quantitative estimate of drug-likeness (QED) is 0.723. The number of halogens is 3. The highest BCUT2D eigenvalue weighted by atomic mass is 35.5. The van der Waals surface area contributed by atoms with Gasteiger partial charge < -0.3 is 10.6 Å². The van der Waals surface area contributed by atoms with Crippen molar-refractivity contribution >= 4 is 11.6 Å². The summed E-state index contributed by atoms with van der Waals surface area (Å²) in [6, 6.07) is 2.12. The summed E-state index contributed by atoms with van der Waals surface area (Å²) < 4.78 is 25.9. The van der Waals surface area contributed by atoms with E-state index in [9.17, 15) is 8.78 Å². The normalized spacial score (nSPS) is 21.7. The molecule has 1 aromatic carbocycles. The van der Waals surface area contributed by atoms with Crippen LogP contribution >= 0.6 is 11.6 Å². The molecule has 0 bridgehead atoms. The van der Waals surface area contributed by atoms with Crippen LogP contribution in [0.3, 0.4) is 0 Å². The molecule has 0 aromatic heterocycles. The van der Waals surface area contributed by atoms with E-state index in [1.165, 1.54) is 0 Å². The molecule has 1 saturated heterocycles. The smallest absolute Gasteiger partial charge is 0.160 e. The Balaban J connectivity index is 2.30. The van der Waals surface area contributed by atoms with Crippen LogP contribution in [0, 0.1) is 11.6 Å². The molecule has 1 fully saturated rings. The molecule has 1 unspecified atom stereocenters. The van der Waals surface area contributed by atoms with E-state index in [-0.39, 0.29) is 11.1 Å². The van der Waals surface area contributed by atoms with Gasteiger partial charge in [-0.05, 0) is 17.7 Å². The second-order valence-electron chi connectivity index (χ2n) is 3.50. The highest BCUT2D eigenvalue weighted by Gasteiger charge is 2.19. The summed E-state index contributed by atoms with van der Waals surface area (Å²) in [4.78, 5) is 0. The van der Waals surface area contributed by atoms with Gasteiger partial charge >= 0.3 is 0 Å². The average Bonchev–Trinajstić information content (AvgIpc) is 2.25. The fraction of sp³-hybridized carbons (Fsp3) is 0.400. The minimum Gasteiger partial charge on any atom is -0.314 e. The molecule has 1 aromatic rings. The van der Waals surface area contributed by atoms with Crippen molar-refractivity contribution in [1.82, 2.24) is 10.6 Å². The van der Waals surface area contributed by atoms with Crippen molar-refractivity contribution in [2.75, 3.05) is 19.6 Å². The molecule has 2 nitrogen and oxygen atoms in total. The van der Waals surface area contributed by atoms with Crippen LogP contribution in [0.2, 0.25) is 5.02 Å². The maximum atomic E-state index is 13.0. The van der Waals surface area contributed by atoms with Gasteiger partial charge in [0.25, 0.3) is 0 Å². The summed E-state index contributed by atoms with van der Waals surface area (Å²) in [5.74, 6) is -1.77. The topological polar surface area (TPSA) is 24.1 Å². The van der Waals surface area contributed by atoms with Crippen LogP contribution in [0.25, 0.3) is 0 Å². The molecule has 0 spiro atoms. The zero-order chi connectivity index (χ0) is 10.8. The van der Waals surface area contributed by atoms with Crippen LogP contribution in [-0.2, 0) is 0 Å². The van der Waals surface area contributed by atoms with Gasteiger partial charge in [-0.2, -0.15) is 0 Å². The first-order valence-corrected chi connectivity index (χ1v) is 5.15. The molecule has 0 radical (unpaired) electrons. The van der Waals surface area contributed by atoms with Gasteiger partial charge in [0.05, 0.1) is 0 Å². The van der Waals surface area contributed by atoms with Gasteiger partial charge in [-0.15, -0.1) is 0 Å². The van der Waals surface area contributed by atoms with E-state index in [2.05, 4.69) is 10.6 Å². The Hall–Kier alpha value is -0.710. The first kappa shape index (κ1) is 10.8. The zero-order valence-electron chi connectivity index (χ0n) is 7.99. The van der Waals surface area contributed by atoms with Gasteiger partial charge in [0.15, 0.2) is 11.6 Å². The SMILES string of the molecule is Fc1cc(Cl)c(C2CNCCN2)cc1F. The van der Waals surface area contributed by atoms with E-state index in [4.69, 9.17) is 11.6 Å². The lowest BCUT2D eigenvalue weighted by Gasteiger charge is -2.25. The van der Waals surface area contributed by atoms with Crippen molar-refractivity contribution in [2.24, 2.45) is 0 Å². The summed E-state index contributed by atoms with van der Waals surface area (Å²) in [6.07, 6.45) is 0. The number of hydrogen-bond acceptors (Lipinski definition) is 2. The van der Waals surface area contributed by atoms with Gasteiger partial charge in [0.1, 0.15) is 0 Å². The van der Waals surface area contributed by atoms with E-state index in [0.717, 1.165) is 25.2 Å². The minimum atomic E-state index is -0.910. The molecule has 2 N–H and O–H groups in total. The van der Waals surface area contributed by atoms with Crippen molar-refractivity contribution in [1.29, 1.82) is 0 Å². The second-order valence-corrected chi connectivity index (χ2v) is 3.91. The Morgan fingerprint density at radius 3 is 2.60 bits per heavy atom. The summed E-state index contributed by atoms with van der Waals surface area (Å²) in [6.45, 7) is 2.34. The zero-order valence-corrected chi connectivity index (χ0v) is 8.74. The fourth-order valence-electron chi connectivity index (χ4n) is 1.68. The van der Waals surface area contributed by atoms with E-state index in [1.54, 1.807) is 0 Å². The Bertz CT molecular complexity index is 365. The average molecular weight is 233 g/mol. The van der Waals surface area contributed by atoms with Crippen molar-refractivity contribution in [2.45, 2.75) is 6.04 Å². The van der Waals surface area contributed by atoms with E-state index < -0.39 is 11.6 Å². The molecule has 1 atom stereocenters. The maximum Gasteiger partial charge on any atom is 0.160 e. The number of benzene rings is 1. The van der Waals surface area contributed by atoms with Crippen LogP contribution in [0.4, 0.5) is 8.78 Å². The lowest BCUT2D eigenvalue weighted by molar-refractivity contribution is 0.426. The molecule has 82 valence electrons. The van der Waals surface area contributed by atoms with Crippen molar-refractivity contribution < 1.29 is 8.78 Å². The van der Waals surface area contributed by atoms with Gasteiger partial charge in [0, 0.05) is 30.7 Å². The molecule has 0 amide bonds. The molecule has 0 saturated carbocycles. The van der Waals surface area contributed by atoms with Crippen LogP contribution < -0.4 is 10.6 Å². The van der Waals surface area contributed by atoms with Crippen LogP contribution in [-0.4, -0.2) is 19.6 Å². The number of hydrogen-bond donors (Lipinski definition) is 2. The molecule has 2 rings (SSSR count). The lowest BCUT2D eigenvalue weighted by atomic mass is 10.1. The molecule has 5 heteroatoms. The fourth-order valence-corrected chi connectivity index (χ4v) is 1.96. The van der Waals surface area contributed by atoms with E-state index in [1.807, 2.05) is 0 Å².